The van der Waals surface area contributed by atoms with Gasteiger partial charge in [-0.15, -0.1) is 0 Å². The Balaban J connectivity index is 1.98. The number of carbonyl (C=O) groups excluding carboxylic acids is 2. The Labute approximate surface area is 147 Å². The fourth-order valence-corrected chi connectivity index (χ4v) is 2.72. The molecule has 3 N–H and O–H groups in total. The minimum absolute atomic E-state index is 0.157. The van der Waals surface area contributed by atoms with Crippen LogP contribution in [0.3, 0.4) is 0 Å². The molecule has 0 spiro atoms. The first kappa shape index (κ1) is 18.7. The van der Waals surface area contributed by atoms with Crippen LogP contribution < -0.4 is 10.6 Å². The van der Waals surface area contributed by atoms with Crippen molar-refractivity contribution in [3.63, 3.8) is 0 Å². The largest absolute Gasteiger partial charge is 0.481 e. The normalized spacial score (nSPS) is 19.5. The topological polar surface area (TPSA) is 95.5 Å². The number of carboxylic acids is 1. The molecule has 0 fully saturated rings. The lowest BCUT2D eigenvalue weighted by Crippen LogP contribution is -2.34. The molecule has 25 heavy (non-hydrogen) atoms. The van der Waals surface area contributed by atoms with E-state index in [4.69, 9.17) is 0 Å². The maximum atomic E-state index is 12.4. The van der Waals surface area contributed by atoms with Gasteiger partial charge in [0.25, 0.3) is 5.91 Å². The molecule has 134 valence electrons. The van der Waals surface area contributed by atoms with Crippen LogP contribution in [0.5, 0.6) is 0 Å². The van der Waals surface area contributed by atoms with Crippen LogP contribution in [0, 0.1) is 17.8 Å². The zero-order valence-electron chi connectivity index (χ0n) is 14.5. The van der Waals surface area contributed by atoms with Crippen LogP contribution in [0.25, 0.3) is 0 Å². The van der Waals surface area contributed by atoms with Crippen LogP contribution in [-0.2, 0) is 9.59 Å². The molecule has 0 radical (unpaired) electrons. The number of anilines is 1. The first-order valence-electron chi connectivity index (χ1n) is 8.45. The number of hydrogen-bond donors (Lipinski definition) is 3. The van der Waals surface area contributed by atoms with Crippen LogP contribution >= 0.6 is 0 Å². The SMILES string of the molecule is CC(C)CNC(=O)c1ccc(NC(=O)[C@@H]2CC=CC[C@H]2C(=O)O)cc1. The Morgan fingerprint density at radius 1 is 1.08 bits per heavy atom. The van der Waals surface area contributed by atoms with Gasteiger partial charge in [0.15, 0.2) is 0 Å². The molecule has 6 nitrogen and oxygen atoms in total. The second kappa shape index (κ2) is 8.46. The van der Waals surface area contributed by atoms with E-state index >= 15 is 0 Å². The van der Waals surface area contributed by atoms with E-state index in [1.165, 1.54) is 0 Å². The summed E-state index contributed by atoms with van der Waals surface area (Å²) < 4.78 is 0. The van der Waals surface area contributed by atoms with E-state index in [9.17, 15) is 19.5 Å². The van der Waals surface area contributed by atoms with E-state index in [1.54, 1.807) is 30.3 Å². The monoisotopic (exact) mass is 344 g/mol. The van der Waals surface area contributed by atoms with E-state index < -0.39 is 17.8 Å². The summed E-state index contributed by atoms with van der Waals surface area (Å²) in [6.07, 6.45) is 4.42. The number of carboxylic acid groups (broad SMARTS) is 1. The Morgan fingerprint density at radius 2 is 1.68 bits per heavy atom. The Morgan fingerprint density at radius 3 is 2.24 bits per heavy atom. The Kier molecular flexibility index (Phi) is 6.33. The first-order valence-corrected chi connectivity index (χ1v) is 8.45. The van der Waals surface area contributed by atoms with Gasteiger partial charge in [-0.3, -0.25) is 14.4 Å². The summed E-state index contributed by atoms with van der Waals surface area (Å²) in [5, 5.41) is 14.8. The average Bonchev–Trinajstić information content (AvgIpc) is 2.60. The van der Waals surface area contributed by atoms with Gasteiger partial charge in [-0.05, 0) is 43.0 Å². The number of benzene rings is 1. The third kappa shape index (κ3) is 5.17. The fraction of sp³-hybridized carbons (Fsp3) is 0.421. The van der Waals surface area contributed by atoms with E-state index in [-0.39, 0.29) is 11.8 Å². The van der Waals surface area contributed by atoms with E-state index in [2.05, 4.69) is 10.6 Å². The number of hydrogen-bond acceptors (Lipinski definition) is 3. The van der Waals surface area contributed by atoms with E-state index in [0.29, 0.717) is 36.6 Å². The van der Waals surface area contributed by atoms with Gasteiger partial charge in [0, 0.05) is 17.8 Å². The number of aliphatic carboxylic acids is 1. The highest BCUT2D eigenvalue weighted by atomic mass is 16.4. The molecule has 2 atom stereocenters. The molecule has 2 amide bonds. The molecular weight excluding hydrogens is 320 g/mol. The van der Waals surface area contributed by atoms with Crippen LogP contribution in [0.4, 0.5) is 5.69 Å². The predicted octanol–water partition coefficient (Wildman–Crippen LogP) is 2.68. The molecule has 1 aromatic carbocycles. The molecule has 6 heteroatoms. The van der Waals surface area contributed by atoms with Crippen LogP contribution in [0.15, 0.2) is 36.4 Å². The molecule has 0 aliphatic heterocycles. The smallest absolute Gasteiger partial charge is 0.307 e. The van der Waals surface area contributed by atoms with Crippen molar-refractivity contribution in [1.29, 1.82) is 0 Å². The quantitative estimate of drug-likeness (QED) is 0.691. The van der Waals surface area contributed by atoms with Crippen molar-refractivity contribution in [2.75, 3.05) is 11.9 Å². The van der Waals surface area contributed by atoms with Crippen molar-refractivity contribution in [1.82, 2.24) is 5.32 Å². The summed E-state index contributed by atoms with van der Waals surface area (Å²) in [4.78, 5) is 35.7. The molecule has 0 bridgehead atoms. The third-order valence-electron chi connectivity index (χ3n) is 4.17. The molecule has 1 aliphatic rings. The van der Waals surface area contributed by atoms with Crippen molar-refractivity contribution in [3.05, 3.63) is 42.0 Å². The van der Waals surface area contributed by atoms with Gasteiger partial charge < -0.3 is 15.7 Å². The number of rotatable bonds is 6. The van der Waals surface area contributed by atoms with Crippen molar-refractivity contribution in [2.45, 2.75) is 26.7 Å². The van der Waals surface area contributed by atoms with Gasteiger partial charge in [0.1, 0.15) is 0 Å². The fourth-order valence-electron chi connectivity index (χ4n) is 2.72. The maximum Gasteiger partial charge on any atom is 0.307 e. The number of carbonyl (C=O) groups is 3. The van der Waals surface area contributed by atoms with Crippen LogP contribution in [-0.4, -0.2) is 29.4 Å². The highest BCUT2D eigenvalue weighted by molar-refractivity contribution is 5.97. The lowest BCUT2D eigenvalue weighted by Gasteiger charge is -2.24. The standard InChI is InChI=1S/C19H24N2O4/c1-12(2)11-20-17(22)13-7-9-14(10-8-13)21-18(23)15-5-3-4-6-16(15)19(24)25/h3-4,7-10,12,15-16H,5-6,11H2,1-2H3,(H,20,22)(H,21,23)(H,24,25)/t15-,16-/m1/s1. The molecule has 0 saturated heterocycles. The van der Waals surface area contributed by atoms with Crippen molar-refractivity contribution < 1.29 is 19.5 Å². The number of amides is 2. The molecule has 0 heterocycles. The summed E-state index contributed by atoms with van der Waals surface area (Å²) in [6, 6.07) is 6.58. The Bertz CT molecular complexity index is 665. The molecule has 1 aliphatic carbocycles. The average molecular weight is 344 g/mol. The van der Waals surface area contributed by atoms with Crippen molar-refractivity contribution in [2.24, 2.45) is 17.8 Å². The summed E-state index contributed by atoms with van der Waals surface area (Å²) in [6.45, 7) is 4.64. The lowest BCUT2D eigenvalue weighted by molar-refractivity contribution is -0.146. The molecule has 1 aromatic rings. The van der Waals surface area contributed by atoms with Gasteiger partial charge in [0.05, 0.1) is 11.8 Å². The molecule has 0 aromatic heterocycles. The van der Waals surface area contributed by atoms with Crippen molar-refractivity contribution >= 4 is 23.5 Å². The molecular formula is C19H24N2O4. The molecule has 0 saturated carbocycles. The van der Waals surface area contributed by atoms with Gasteiger partial charge in [-0.25, -0.2) is 0 Å². The van der Waals surface area contributed by atoms with E-state index in [1.807, 2.05) is 19.9 Å². The Hall–Kier alpha value is -2.63. The zero-order chi connectivity index (χ0) is 18.4. The van der Waals surface area contributed by atoms with E-state index in [0.717, 1.165) is 0 Å². The zero-order valence-corrected chi connectivity index (χ0v) is 14.5. The highest BCUT2D eigenvalue weighted by Gasteiger charge is 2.33. The lowest BCUT2D eigenvalue weighted by atomic mass is 9.82. The second-order valence-corrected chi connectivity index (χ2v) is 6.66. The summed E-state index contributed by atoms with van der Waals surface area (Å²) in [7, 11) is 0. The molecule has 0 unspecified atom stereocenters. The van der Waals surface area contributed by atoms with Gasteiger partial charge in [-0.2, -0.15) is 0 Å². The van der Waals surface area contributed by atoms with Crippen molar-refractivity contribution in [3.8, 4) is 0 Å². The number of nitrogens with one attached hydrogen (secondary N) is 2. The second-order valence-electron chi connectivity index (χ2n) is 6.66. The summed E-state index contributed by atoms with van der Waals surface area (Å²) in [5.41, 5.74) is 1.06. The summed E-state index contributed by atoms with van der Waals surface area (Å²) in [5.74, 6) is -2.35. The molecule has 2 rings (SSSR count). The highest BCUT2D eigenvalue weighted by Crippen LogP contribution is 2.27. The first-order chi connectivity index (χ1) is 11.9. The summed E-state index contributed by atoms with van der Waals surface area (Å²) >= 11 is 0. The van der Waals surface area contributed by atoms with Gasteiger partial charge in [-0.1, -0.05) is 26.0 Å². The maximum absolute atomic E-state index is 12.4. The van der Waals surface area contributed by atoms with Crippen LogP contribution in [0.1, 0.15) is 37.0 Å². The third-order valence-corrected chi connectivity index (χ3v) is 4.17. The number of allylic oxidation sites excluding steroid dienone is 2. The minimum Gasteiger partial charge on any atom is -0.481 e. The van der Waals surface area contributed by atoms with Crippen LogP contribution in [0.2, 0.25) is 0 Å². The van der Waals surface area contributed by atoms with Gasteiger partial charge >= 0.3 is 5.97 Å². The minimum atomic E-state index is -0.957. The van der Waals surface area contributed by atoms with Gasteiger partial charge in [0.2, 0.25) is 5.91 Å². The predicted molar refractivity (Wildman–Crippen MR) is 95.2 cm³/mol.